The molecule has 12 N–H and O–H groups in total. The lowest BCUT2D eigenvalue weighted by Crippen LogP contribution is -2.72. The van der Waals surface area contributed by atoms with Crippen LogP contribution < -0.4 is 39.7 Å². The van der Waals surface area contributed by atoms with Gasteiger partial charge in [-0.05, 0) is 31.1 Å². The van der Waals surface area contributed by atoms with Gasteiger partial charge in [-0.1, -0.05) is 12.8 Å². The Morgan fingerprint density at radius 2 is 1.14 bits per heavy atom. The molecule has 23 atom stereocenters. The second kappa shape index (κ2) is 31.0. The largest absolute Gasteiger partial charge is 0.748 e. The van der Waals surface area contributed by atoms with Gasteiger partial charge in [-0.25, -0.2) is 69.4 Å². The number of ether oxygens (including phenoxy) is 9. The molecule has 0 aromatic rings. The van der Waals surface area contributed by atoms with Crippen molar-refractivity contribution in [3.63, 3.8) is 0 Å². The highest BCUT2D eigenvalue weighted by atomic mass is 32.3. The van der Waals surface area contributed by atoms with Gasteiger partial charge in [0.15, 0.2) is 58.9 Å². The van der Waals surface area contributed by atoms with Crippen molar-refractivity contribution in [3.05, 3.63) is 11.8 Å². The number of aliphatic hydroxyl groups is 6. The highest BCUT2D eigenvalue weighted by Gasteiger charge is 2.56. The van der Waals surface area contributed by atoms with Gasteiger partial charge < -0.3 is 131 Å². The maximum Gasteiger partial charge on any atom is 0.219 e. The van der Waals surface area contributed by atoms with E-state index in [0.29, 0.717) is 19.3 Å². The van der Waals surface area contributed by atoms with E-state index in [2.05, 4.69) is 10.6 Å². The molecule has 0 radical (unpaired) electrons. The number of carboxylic acid groups (broad SMARTS) is 2. The molecule has 7 aliphatic heterocycles. The first-order valence-electron chi connectivity index (χ1n) is 25.9. The SMILES string of the molecule is O=C([O-])C1=C[C@@H](O)C(NS(=O)(=O)[O-])[C@H](O[C@@H]2C(CS(=O)(=O)[O-])O[C@H](CO[C@@H]3C(C(=O)[O-])O[C@@H](O[C@@H]4C(CS(=O)(=O)[O-])O[C@@H](NC(=S)NCCSCC5O[C@@H]6OCCCCCC5[C@H](O)C6O)C(NS(=O)(=O)[O-])[C@@H]4O)C(NS(=O)(=O)[O-])[C@@H]3O)C(NS(=O)(=O)[O-])[C@@H]2O)O1. The van der Waals surface area contributed by atoms with Crippen molar-refractivity contribution in [2.75, 3.05) is 42.8 Å². The molecule has 10 unspecified atom stereocenters. The molecule has 0 aromatic heterocycles. The number of hydrogen-bond acceptors (Lipinski definition) is 39. The number of carbonyl (C=O) groups excluding carboxylic acids is 2. The van der Waals surface area contributed by atoms with Crippen molar-refractivity contribution in [2.24, 2.45) is 5.92 Å². The first-order valence-corrected chi connectivity index (χ1v) is 36.2. The summed E-state index contributed by atoms with van der Waals surface area (Å²) in [5.41, 5.74) is 0. The first kappa shape index (κ1) is 76.3. The molecule has 6 fully saturated rings. The second-order valence-corrected chi connectivity index (χ2v) is 29.6. The molecule has 6 saturated heterocycles. The standard InChI is InChI=1S/C39H66N6O37S8/c46-14-8-15(34(52)53)78-36(20(14)42-87(62,63)64)80-29-18(11-85(56,57)58)76-16(21(25(29)48)43-88(65,66)67)9-75-31-27(50)23(45-90(71,72)73)37(82-32(31)35(54)55)81-30-19(12-86(59,60)61)77-33(22(26(30)49)44-89(68,69)70)41-39(83)40-5-7-84-10-17-13-4-2-1-3-6-74-38(79-17)28(51)24(13)47/h8,13-14,16-33,36-38,42-51H,1-7,9-12H2,(H,52,53)(H,54,55)(H2,40,41,83)(H,56,57,58)(H,59,60,61)(H,62,63,64)(H,65,66,67)(H,68,69,70)(H,71,72,73)/p-8/t13?,14-,16-,17?,18?,19?,20?,21?,22?,23?,24+,25+,26+,27+,28?,29-,30-,31+,32?,33-,36+,37-,38+/m1/s1. The monoisotopic (exact) mass is 1460 g/mol. The molecule has 2 bridgehead atoms. The predicted octanol–water partition coefficient (Wildman–Crippen LogP) is -14.8. The third-order valence-corrected chi connectivity index (χ3v) is 19.1. The third-order valence-electron chi connectivity index (χ3n) is 14.1. The minimum absolute atomic E-state index is 0.0475. The van der Waals surface area contributed by atoms with E-state index in [0.717, 1.165) is 6.42 Å². The number of aliphatic hydroxyl groups excluding tert-OH is 6. The maximum atomic E-state index is 12.8. The fourth-order valence-electron chi connectivity index (χ4n) is 10.3. The number of carboxylic acids is 2. The summed E-state index contributed by atoms with van der Waals surface area (Å²) in [6.07, 6.45) is -38.9. The average Bonchev–Trinajstić information content (AvgIpc) is 0.783. The quantitative estimate of drug-likeness (QED) is 0.0206. The number of carbonyl (C=O) groups is 2. The summed E-state index contributed by atoms with van der Waals surface area (Å²) in [5, 5.41) is 95.7. The molecule has 0 aliphatic carbocycles. The molecule has 51 heteroatoms. The van der Waals surface area contributed by atoms with Crippen LogP contribution in [0.5, 0.6) is 0 Å². The van der Waals surface area contributed by atoms with Crippen molar-refractivity contribution < 1.29 is 171 Å². The van der Waals surface area contributed by atoms with Gasteiger partial charge in [-0.15, -0.1) is 0 Å². The van der Waals surface area contributed by atoms with Crippen LogP contribution in [0.25, 0.3) is 0 Å². The van der Waals surface area contributed by atoms with Crippen LogP contribution in [0.1, 0.15) is 25.7 Å². The Kier molecular flexibility index (Phi) is 26.3. The van der Waals surface area contributed by atoms with E-state index in [1.807, 2.05) is 0 Å². The number of rotatable bonds is 27. The van der Waals surface area contributed by atoms with E-state index in [9.17, 15) is 128 Å². The highest BCUT2D eigenvalue weighted by molar-refractivity contribution is 7.99. The van der Waals surface area contributed by atoms with Gasteiger partial charge >= 0.3 is 0 Å². The fraction of sp³-hybridized carbons (Fsp3) is 0.872. The van der Waals surface area contributed by atoms with E-state index in [4.69, 9.17) is 54.8 Å². The van der Waals surface area contributed by atoms with Crippen LogP contribution in [0.4, 0.5) is 0 Å². The third kappa shape index (κ3) is 22.2. The minimum Gasteiger partial charge on any atom is -0.748 e. The molecular weight excluding hydrogens is 1400 g/mol. The van der Waals surface area contributed by atoms with Crippen molar-refractivity contribution in [1.82, 2.24) is 29.5 Å². The summed E-state index contributed by atoms with van der Waals surface area (Å²) in [7, 11) is -34.8. The number of aliphatic carboxylic acids is 2. The molecular formula is C39H58N6O37S8-8. The molecule has 522 valence electrons. The first-order chi connectivity index (χ1) is 41.4. The van der Waals surface area contributed by atoms with E-state index in [1.165, 1.54) is 30.7 Å². The number of nitrogens with one attached hydrogen (secondary N) is 6. The summed E-state index contributed by atoms with van der Waals surface area (Å²) >= 11 is 6.52. The summed E-state index contributed by atoms with van der Waals surface area (Å²) < 4.78 is 272. The van der Waals surface area contributed by atoms with Crippen LogP contribution in [0, 0.1) is 5.92 Å². The predicted molar refractivity (Wildman–Crippen MR) is 278 cm³/mol. The van der Waals surface area contributed by atoms with Crippen LogP contribution in [0.15, 0.2) is 11.8 Å². The highest BCUT2D eigenvalue weighted by Crippen LogP contribution is 2.36. The normalized spacial score (nSPS) is 37.6. The zero-order chi connectivity index (χ0) is 67.4. The van der Waals surface area contributed by atoms with Crippen molar-refractivity contribution >= 4 is 102 Å². The van der Waals surface area contributed by atoms with Crippen LogP contribution in [0.3, 0.4) is 0 Å². The van der Waals surface area contributed by atoms with Gasteiger partial charge in [0.2, 0.25) is 6.29 Å². The Morgan fingerprint density at radius 1 is 0.611 bits per heavy atom. The Morgan fingerprint density at radius 3 is 1.71 bits per heavy atom. The smallest absolute Gasteiger partial charge is 0.219 e. The number of thiocarbonyl (C=S) groups is 1. The van der Waals surface area contributed by atoms with Crippen molar-refractivity contribution in [3.8, 4) is 0 Å². The van der Waals surface area contributed by atoms with Crippen molar-refractivity contribution in [1.29, 1.82) is 0 Å². The zero-order valence-corrected chi connectivity index (χ0v) is 51.8. The molecule has 7 heterocycles. The maximum absolute atomic E-state index is 12.8. The van der Waals surface area contributed by atoms with Gasteiger partial charge in [0.05, 0.1) is 80.8 Å². The summed E-state index contributed by atoms with van der Waals surface area (Å²) in [6, 6.07) is -10.4. The molecule has 43 nitrogen and oxygen atoms in total. The molecule has 7 rings (SSSR count). The second-order valence-electron chi connectivity index (χ2n) is 20.5. The van der Waals surface area contributed by atoms with Gasteiger partial charge in [0.25, 0.3) is 0 Å². The summed E-state index contributed by atoms with van der Waals surface area (Å²) in [4.78, 5) is 24.4. The minimum atomic E-state index is -6.04. The Hall–Kier alpha value is -2.74. The molecule has 0 spiro atoms. The molecule has 0 aromatic carbocycles. The summed E-state index contributed by atoms with van der Waals surface area (Å²) in [6.45, 7) is -1.42. The number of fused-ring (bicyclic) bond motifs is 7. The van der Waals surface area contributed by atoms with E-state index < -0.39 is 243 Å². The number of thioether (sulfide) groups is 1. The van der Waals surface area contributed by atoms with E-state index in [-0.39, 0.29) is 30.7 Å². The van der Waals surface area contributed by atoms with Gasteiger partial charge in [-0.3, -0.25) is 0 Å². The van der Waals surface area contributed by atoms with Crippen LogP contribution in [0.2, 0.25) is 0 Å². The van der Waals surface area contributed by atoms with Gasteiger partial charge in [0, 0.05) is 30.6 Å². The zero-order valence-electron chi connectivity index (χ0n) is 45.2. The van der Waals surface area contributed by atoms with Gasteiger partial charge in [-0.2, -0.15) is 11.8 Å². The fourth-order valence-corrected chi connectivity index (χ4v) is 15.2. The van der Waals surface area contributed by atoms with Crippen molar-refractivity contribution in [2.45, 2.75) is 160 Å². The lowest BCUT2D eigenvalue weighted by molar-refractivity contribution is -0.353. The molecule has 0 amide bonds. The Bertz CT molecular complexity index is 3250. The van der Waals surface area contributed by atoms with Gasteiger partial charge in [0.1, 0.15) is 91.1 Å². The lowest BCUT2D eigenvalue weighted by Gasteiger charge is -2.50. The average molecular weight is 1460 g/mol. The van der Waals surface area contributed by atoms with E-state index in [1.54, 1.807) is 0 Å². The Balaban J connectivity index is 1.23. The Labute approximate surface area is 521 Å². The molecule has 90 heavy (non-hydrogen) atoms. The summed E-state index contributed by atoms with van der Waals surface area (Å²) in [5.74, 6) is -9.98. The molecule has 0 saturated carbocycles. The number of hydrogen-bond donors (Lipinski definition) is 12. The van der Waals surface area contributed by atoms with Crippen LogP contribution in [-0.4, -0.2) is 303 Å². The van der Waals surface area contributed by atoms with E-state index >= 15 is 0 Å². The lowest BCUT2D eigenvalue weighted by atomic mass is 9.85. The van der Waals surface area contributed by atoms with Crippen LogP contribution >= 0.6 is 24.0 Å². The van der Waals surface area contributed by atoms with Crippen LogP contribution in [-0.2, 0) is 114 Å². The molecule has 7 aliphatic rings. The topological polar surface area (TPSA) is 700 Å².